The number of aliphatic hydroxyl groups is 22. The molecule has 0 saturated carbocycles. The topological polar surface area (TPSA) is 930 Å². The van der Waals surface area contributed by atoms with E-state index in [-0.39, 0.29) is 64.6 Å². The molecule has 10 rings (SSSR count). The van der Waals surface area contributed by atoms with Gasteiger partial charge in [0.2, 0.25) is 23.6 Å². The van der Waals surface area contributed by atoms with E-state index in [1.54, 1.807) is 0 Å². The number of carbonyl (C=O) groups is 7. The summed E-state index contributed by atoms with van der Waals surface area (Å²) in [5.74, 6) is -10.7. The van der Waals surface area contributed by atoms with E-state index in [0.29, 0.717) is 0 Å². The van der Waals surface area contributed by atoms with Gasteiger partial charge in [0.05, 0.1) is 44.6 Å². The quantitative estimate of drug-likeness (QED) is 0.0129. The van der Waals surface area contributed by atoms with Crippen LogP contribution in [-0.2, 0) is 128 Å². The maximum Gasteiger partial charge on any atom is 1.00 e. The van der Waals surface area contributed by atoms with Crippen molar-refractivity contribution in [1.29, 1.82) is 0 Å². The number of nitrogens with one attached hydrogen (secondary N) is 10. The zero-order chi connectivity index (χ0) is 101. The van der Waals surface area contributed by atoms with Crippen molar-refractivity contribution < 1.29 is 310 Å². The molecule has 0 aromatic heterocycles. The first-order valence-electron chi connectivity index (χ1n) is 42.4. The van der Waals surface area contributed by atoms with E-state index in [4.69, 9.17) is 114 Å². The maximum absolute atomic E-state index is 14.8. The van der Waals surface area contributed by atoms with E-state index in [1.165, 1.54) is 20.1 Å². The number of thiocarbonyl (C=S) groups is 2. The van der Waals surface area contributed by atoms with Gasteiger partial charge in [0.25, 0.3) is 11.8 Å². The van der Waals surface area contributed by atoms with Crippen LogP contribution in [0.3, 0.4) is 0 Å². The van der Waals surface area contributed by atoms with Crippen LogP contribution >= 0.6 is 24.4 Å². The van der Waals surface area contributed by atoms with Gasteiger partial charge in [-0.1, -0.05) is 13.8 Å². The Balaban J connectivity index is 0.00000876. The number of rotatable bonds is 32. The Morgan fingerprint density at radius 2 is 0.576 bits per heavy atom. The van der Waals surface area contributed by atoms with E-state index < -0.39 is 398 Å². The average Bonchev–Trinajstić information content (AvgIpc) is 0.769. The summed E-state index contributed by atoms with van der Waals surface area (Å²) in [5.41, 5.74) is 8.73. The van der Waals surface area contributed by atoms with Gasteiger partial charge in [-0.05, 0) is 36.5 Å². The standard InChI is InChI=1S/C74H119N10O50S2.2Na.H2O/c1-16-24(11-85)120-67(45(106)33(16)94)126-54-31(79-20(5)92)65(123-27(14-88)39(54)100)130-56-43(104)49(110)71(127-52-29(77-18(3)90)63(116-7)121-25(12-86)37(52)98)132-58(56)60(112)81-83-73(135)75-9-22-35(96)41(102)47(108)68(118-22)134-69-48(109)42(103)36(97)23(119-69)10-76-74(136)84-82-61(113)59-57(44(105)50(111)72(133-59)128-53-30(78-19(4)91)64(117-8)122-26(13-87)38(53)99)131-66-32(80-21(6)93)55(40(101)28(15-89)124-66)129-70-46(107)34(95)17(2)51(125-70)62(114)115;;;/h16-17,22-59,63-72,86-89,94-111H,9-10,12-15H2,1-8H3,(H,77,90)(H,78,91)(H,79,92)(H,80,93)(H,81,112)(H,82,113)(H,114,115)(H2,75,83,135)(H2,76,84,136);;;1H2/q-1;2*+1;/p-2/t16-,17+,22?,23?,24?,25?,26?,27?,28?,29?,30?,31?,32?,33+,34+,35-,36-,37-,38-,39-,40-,41+,42+,43-,44-,45?,46?,47?,48?,49?,50?,51?,52-,53-,54-,55-,56+,57+,58?,59?,63-,64-,65+,66+,67+,68-,69-,70+,71-,72-;;;/m1.../s1. The third kappa shape index (κ3) is 28.4. The van der Waals surface area contributed by atoms with Gasteiger partial charge in [-0.25, -0.2) is 6.29 Å². The number of methoxy groups -OCH3 is 2. The molecule has 0 aromatic rings. The minimum Gasteiger partial charge on any atom is -0.870 e. The van der Waals surface area contributed by atoms with Crippen LogP contribution in [0.5, 0.6) is 0 Å². The Morgan fingerprint density at radius 1 is 0.317 bits per heavy atom. The summed E-state index contributed by atoms with van der Waals surface area (Å²) < 4.78 is 110. The molecule has 0 spiro atoms. The summed E-state index contributed by atoms with van der Waals surface area (Å²) in [7, 11) is 2.21. The van der Waals surface area contributed by atoms with Gasteiger partial charge < -0.3 is 254 Å². The predicted molar refractivity (Wildman–Crippen MR) is 433 cm³/mol. The van der Waals surface area contributed by atoms with Gasteiger partial charge in [-0.15, -0.1) is 0 Å². The van der Waals surface area contributed by atoms with Crippen molar-refractivity contribution in [2.75, 3.05) is 53.7 Å². The Kier molecular flexibility index (Phi) is 47.3. The third-order valence-corrected chi connectivity index (χ3v) is 24.5. The molecular weight excluding hydrogens is 1950 g/mol. The normalized spacial score (nSPS) is 44.5. The van der Waals surface area contributed by atoms with E-state index in [1.807, 2.05) is 0 Å². The number of hydrogen-bond acceptors (Lipinski definition) is 53. The number of aliphatic hydroxyl groups excluding tert-OH is 22. The molecule has 50 atom stereocenters. The van der Waals surface area contributed by atoms with Crippen molar-refractivity contribution in [1.82, 2.24) is 53.6 Å². The van der Waals surface area contributed by atoms with Crippen LogP contribution < -0.4 is 118 Å². The second-order valence-electron chi connectivity index (χ2n) is 33.4. The molecule has 0 bridgehead atoms. The van der Waals surface area contributed by atoms with E-state index in [0.717, 1.165) is 41.9 Å². The predicted octanol–water partition coefficient (Wildman–Crippen LogP) is -28.7. The molecule has 33 N–H and O–H groups in total. The summed E-state index contributed by atoms with van der Waals surface area (Å²) in [6, 6.07) is -6.91. The Morgan fingerprint density at radius 3 is 0.871 bits per heavy atom. The minimum atomic E-state index is -2.50. The number of amides is 6. The fraction of sp³-hybridized carbons (Fsp3) is 0.865. The van der Waals surface area contributed by atoms with E-state index in [2.05, 4.69) is 53.6 Å². The molecule has 139 heavy (non-hydrogen) atoms. The molecule has 10 heterocycles. The average molecular weight is 2070 g/mol. The molecule has 10 aliphatic heterocycles. The van der Waals surface area contributed by atoms with Crippen molar-refractivity contribution in [2.24, 2.45) is 11.8 Å². The molecule has 61 nitrogen and oxygen atoms in total. The SMILES string of the molecule is CO[C@@H]1OC(CO)[C@@H](O)[C@H](O[C@@H]2OC(C(=O)NNC(=S)NCC3O[C@H](O[C@H]4OC(CNC(=S)NNC(=O)C5O[C@@H](O[C@@H]6C(NC(C)=O)[C@H](OC)OC(CO)[C@H]6O)C(O)[C@@H](O)[C@@H]5O[C@@H]5OC(CO)[C@@H](O)[C@H](O[C@@H]6OC(C(=O)[O-])[C@@H](C)[C@H](O)C6O)C5NC(C)=O)[C@@H](O)[C@H](O)C4O)C(O)[C@@H](O)[C@@H]3O)[C@@H](O[C@@H]3OC(CO)[C@@H](O)[C@H](O[C@@H]4OC([C-]=O)[C@@H](C)[C@H](O)C4O)C3NC(C)=O)[C@H](O)C2O)C1NC(C)=O.[Na+].[Na+].[OH-]. The van der Waals surface area contributed by atoms with Crippen LogP contribution in [-0.4, -0.2) is 524 Å². The van der Waals surface area contributed by atoms with E-state index >= 15 is 0 Å². The first-order chi connectivity index (χ1) is 64.2. The van der Waals surface area contributed by atoms with Crippen LogP contribution in [0.15, 0.2) is 0 Å². The van der Waals surface area contributed by atoms with Gasteiger partial charge in [0, 0.05) is 60.9 Å². The molecule has 786 valence electrons. The number of aliphatic carboxylic acids is 1. The largest absolute Gasteiger partial charge is 1.00 e. The van der Waals surface area contributed by atoms with Crippen molar-refractivity contribution in [3.05, 3.63) is 0 Å². The molecule has 20 unspecified atom stereocenters. The van der Waals surface area contributed by atoms with Crippen LogP contribution in [0.2, 0.25) is 0 Å². The number of ether oxygens (including phenoxy) is 19. The van der Waals surface area contributed by atoms with Crippen molar-refractivity contribution in [2.45, 2.75) is 336 Å². The molecular formula is C74H119N10Na2O51S2-. The smallest absolute Gasteiger partial charge is 0.870 e. The summed E-state index contributed by atoms with van der Waals surface area (Å²) in [4.78, 5) is 105. The van der Waals surface area contributed by atoms with Crippen LogP contribution in [0, 0.1) is 11.8 Å². The Hall–Kier alpha value is -4.34. The molecule has 0 radical (unpaired) electrons. The van der Waals surface area contributed by atoms with E-state index in [9.17, 15) is 156 Å². The Bertz CT molecular complexity index is 3970. The number of hydrazine groups is 2. The van der Waals surface area contributed by atoms with Crippen molar-refractivity contribution in [3.8, 4) is 0 Å². The first-order valence-corrected chi connectivity index (χ1v) is 43.2. The maximum atomic E-state index is 14.8. The number of carboxylic acids is 1. The number of hydrogen-bond donors (Lipinski definition) is 32. The van der Waals surface area contributed by atoms with Gasteiger partial charge in [0.1, 0.15) is 201 Å². The second-order valence-corrected chi connectivity index (χ2v) is 34.3. The number of carboxylic acid groups (broad SMARTS) is 1. The van der Waals surface area contributed by atoms with Crippen molar-refractivity contribution >= 4 is 82.4 Å². The van der Waals surface area contributed by atoms with Crippen LogP contribution in [0.4, 0.5) is 0 Å². The second kappa shape index (κ2) is 54.0. The fourth-order valence-corrected chi connectivity index (χ4v) is 16.9. The fourth-order valence-electron chi connectivity index (χ4n) is 16.7. The monoisotopic (exact) mass is 2070 g/mol. The Labute approximate surface area is 843 Å². The molecule has 0 aromatic carbocycles. The molecule has 6 amide bonds. The molecule has 0 aliphatic carbocycles. The van der Waals surface area contributed by atoms with Gasteiger partial charge in [-0.2, -0.15) is 0 Å². The molecule has 10 aliphatic rings. The zero-order valence-corrected chi connectivity index (χ0v) is 81.3. The summed E-state index contributed by atoms with van der Waals surface area (Å²) in [6.07, 6.45) is -88.8. The molecule has 10 saturated heterocycles. The van der Waals surface area contributed by atoms with Gasteiger partial charge >= 0.3 is 59.1 Å². The first kappa shape index (κ1) is 122. The van der Waals surface area contributed by atoms with Crippen molar-refractivity contribution in [3.63, 3.8) is 0 Å². The molecule has 65 heteroatoms. The summed E-state index contributed by atoms with van der Waals surface area (Å²) >= 11 is 10.8. The third-order valence-electron chi connectivity index (χ3n) is 24.0. The molecule has 10 fully saturated rings. The van der Waals surface area contributed by atoms with Gasteiger partial charge in [-0.3, -0.25) is 50.5 Å². The summed E-state index contributed by atoms with van der Waals surface area (Å²) in [5, 5.41) is 272. The minimum absolute atomic E-state index is 0. The van der Waals surface area contributed by atoms with Gasteiger partial charge in [0.15, 0.2) is 85.3 Å². The summed E-state index contributed by atoms with van der Waals surface area (Å²) in [6.45, 7) is 0.864. The van der Waals surface area contributed by atoms with Crippen LogP contribution in [0.1, 0.15) is 41.5 Å². The van der Waals surface area contributed by atoms with Crippen LogP contribution in [0.25, 0.3) is 0 Å². The number of carbonyl (C=O) groups excluding carboxylic acids is 8. The zero-order valence-electron chi connectivity index (χ0n) is 75.6.